The van der Waals surface area contributed by atoms with Gasteiger partial charge in [0.05, 0.1) is 13.3 Å². The molecule has 0 radical (unpaired) electrons. The SMILES string of the molecule is COC(=O)C(N)Cc1ccnnc1. The van der Waals surface area contributed by atoms with Crippen LogP contribution in [0, 0.1) is 0 Å². The Morgan fingerprint density at radius 1 is 1.69 bits per heavy atom. The number of carbonyl (C=O) groups excluding carboxylic acids is 1. The van der Waals surface area contributed by atoms with Crippen molar-refractivity contribution in [3.8, 4) is 0 Å². The van der Waals surface area contributed by atoms with E-state index in [9.17, 15) is 4.79 Å². The molecule has 1 heterocycles. The van der Waals surface area contributed by atoms with E-state index in [2.05, 4.69) is 14.9 Å². The van der Waals surface area contributed by atoms with Crippen molar-refractivity contribution in [2.24, 2.45) is 5.73 Å². The molecule has 0 aliphatic rings. The first-order chi connectivity index (χ1) is 6.24. The summed E-state index contributed by atoms with van der Waals surface area (Å²) >= 11 is 0. The Kier molecular flexibility index (Phi) is 3.33. The zero-order valence-corrected chi connectivity index (χ0v) is 7.30. The highest BCUT2D eigenvalue weighted by molar-refractivity contribution is 5.75. The van der Waals surface area contributed by atoms with Crippen LogP contribution >= 0.6 is 0 Å². The van der Waals surface area contributed by atoms with Crippen LogP contribution < -0.4 is 5.73 Å². The standard InChI is InChI=1S/C8H11N3O2/c1-13-8(12)7(9)4-6-2-3-10-11-5-6/h2-3,5,7H,4,9H2,1H3. The zero-order chi connectivity index (χ0) is 9.68. The molecule has 1 rings (SSSR count). The van der Waals surface area contributed by atoms with Crippen molar-refractivity contribution in [3.05, 3.63) is 24.0 Å². The Balaban J connectivity index is 2.55. The van der Waals surface area contributed by atoms with E-state index in [4.69, 9.17) is 5.73 Å². The molecule has 1 atom stereocenters. The summed E-state index contributed by atoms with van der Waals surface area (Å²) in [4.78, 5) is 10.9. The summed E-state index contributed by atoms with van der Waals surface area (Å²) in [5.41, 5.74) is 6.41. The highest BCUT2D eigenvalue weighted by Gasteiger charge is 2.13. The predicted octanol–water partition coefficient (Wildman–Crippen LogP) is -0.481. The molecule has 5 nitrogen and oxygen atoms in total. The molecule has 70 valence electrons. The highest BCUT2D eigenvalue weighted by Crippen LogP contribution is 1.99. The van der Waals surface area contributed by atoms with E-state index in [0.717, 1.165) is 5.56 Å². The summed E-state index contributed by atoms with van der Waals surface area (Å²) in [5, 5.41) is 7.28. The number of ether oxygens (including phenoxy) is 1. The normalized spacial score (nSPS) is 12.2. The summed E-state index contributed by atoms with van der Waals surface area (Å²) < 4.78 is 4.48. The number of hydrogen-bond donors (Lipinski definition) is 1. The van der Waals surface area contributed by atoms with Gasteiger partial charge in [-0.05, 0) is 18.1 Å². The van der Waals surface area contributed by atoms with Crippen LogP contribution in [0.1, 0.15) is 5.56 Å². The third-order valence-corrected chi connectivity index (χ3v) is 1.61. The molecule has 2 N–H and O–H groups in total. The number of hydrogen-bond acceptors (Lipinski definition) is 5. The van der Waals surface area contributed by atoms with Crippen molar-refractivity contribution in [2.75, 3.05) is 7.11 Å². The third kappa shape index (κ3) is 2.79. The zero-order valence-electron chi connectivity index (χ0n) is 7.30. The number of esters is 1. The molecule has 0 aliphatic carbocycles. The number of aromatic nitrogens is 2. The molecular weight excluding hydrogens is 170 g/mol. The lowest BCUT2D eigenvalue weighted by Gasteiger charge is -2.07. The Labute approximate surface area is 75.9 Å². The molecule has 0 saturated carbocycles. The molecular formula is C8H11N3O2. The van der Waals surface area contributed by atoms with Crippen molar-refractivity contribution in [3.63, 3.8) is 0 Å². The van der Waals surface area contributed by atoms with Gasteiger partial charge in [-0.2, -0.15) is 10.2 Å². The summed E-state index contributed by atoms with van der Waals surface area (Å²) in [6.45, 7) is 0. The van der Waals surface area contributed by atoms with E-state index in [0.29, 0.717) is 6.42 Å². The third-order valence-electron chi connectivity index (χ3n) is 1.61. The first-order valence-electron chi connectivity index (χ1n) is 3.83. The van der Waals surface area contributed by atoms with Crippen LogP contribution in [0.3, 0.4) is 0 Å². The quantitative estimate of drug-likeness (QED) is 0.637. The number of nitrogens with zero attached hydrogens (tertiary/aromatic N) is 2. The number of carbonyl (C=O) groups is 1. The summed E-state index contributed by atoms with van der Waals surface area (Å²) in [6.07, 6.45) is 3.55. The van der Waals surface area contributed by atoms with Gasteiger partial charge in [-0.1, -0.05) is 0 Å². The van der Waals surface area contributed by atoms with E-state index >= 15 is 0 Å². The van der Waals surface area contributed by atoms with Crippen molar-refractivity contribution in [1.29, 1.82) is 0 Å². The maximum absolute atomic E-state index is 10.9. The molecule has 0 aromatic carbocycles. The number of rotatable bonds is 3. The Bertz CT molecular complexity index is 276. The minimum atomic E-state index is -0.630. The average Bonchev–Trinajstić information content (AvgIpc) is 2.18. The van der Waals surface area contributed by atoms with Crippen LogP contribution in [0.15, 0.2) is 18.5 Å². The summed E-state index contributed by atoms with van der Waals surface area (Å²) in [6, 6.07) is 1.13. The lowest BCUT2D eigenvalue weighted by Crippen LogP contribution is -2.33. The fourth-order valence-corrected chi connectivity index (χ4v) is 0.927. The first-order valence-corrected chi connectivity index (χ1v) is 3.83. The fourth-order valence-electron chi connectivity index (χ4n) is 0.927. The minimum absolute atomic E-state index is 0.419. The number of methoxy groups -OCH3 is 1. The molecule has 0 spiro atoms. The van der Waals surface area contributed by atoms with Crippen molar-refractivity contribution in [2.45, 2.75) is 12.5 Å². The average molecular weight is 181 g/mol. The van der Waals surface area contributed by atoms with Gasteiger partial charge >= 0.3 is 5.97 Å². The van der Waals surface area contributed by atoms with Crippen LogP contribution in [0.4, 0.5) is 0 Å². The molecule has 0 amide bonds. The topological polar surface area (TPSA) is 78.1 Å². The Morgan fingerprint density at radius 2 is 2.46 bits per heavy atom. The predicted molar refractivity (Wildman–Crippen MR) is 45.7 cm³/mol. The largest absolute Gasteiger partial charge is 0.468 e. The van der Waals surface area contributed by atoms with Crippen LogP contribution in [-0.4, -0.2) is 29.3 Å². The molecule has 5 heteroatoms. The van der Waals surface area contributed by atoms with Gasteiger partial charge in [-0.3, -0.25) is 4.79 Å². The second-order valence-corrected chi connectivity index (χ2v) is 2.58. The molecule has 1 aromatic heterocycles. The first kappa shape index (κ1) is 9.60. The molecule has 0 saturated heterocycles. The van der Waals surface area contributed by atoms with Crippen LogP contribution in [0.5, 0.6) is 0 Å². The van der Waals surface area contributed by atoms with E-state index < -0.39 is 12.0 Å². The molecule has 1 unspecified atom stereocenters. The van der Waals surface area contributed by atoms with Gasteiger partial charge in [-0.15, -0.1) is 0 Å². The van der Waals surface area contributed by atoms with Gasteiger partial charge in [0.25, 0.3) is 0 Å². The van der Waals surface area contributed by atoms with Crippen LogP contribution in [-0.2, 0) is 16.0 Å². The monoisotopic (exact) mass is 181 g/mol. The van der Waals surface area contributed by atoms with Gasteiger partial charge < -0.3 is 10.5 Å². The van der Waals surface area contributed by atoms with E-state index in [1.165, 1.54) is 7.11 Å². The van der Waals surface area contributed by atoms with Crippen LogP contribution in [0.2, 0.25) is 0 Å². The van der Waals surface area contributed by atoms with Crippen LogP contribution in [0.25, 0.3) is 0 Å². The van der Waals surface area contributed by atoms with Gasteiger partial charge in [0.1, 0.15) is 6.04 Å². The molecule has 1 aromatic rings. The van der Waals surface area contributed by atoms with Gasteiger partial charge in [0.2, 0.25) is 0 Å². The van der Waals surface area contributed by atoms with E-state index in [1.807, 2.05) is 0 Å². The molecule has 0 fully saturated rings. The maximum Gasteiger partial charge on any atom is 0.322 e. The minimum Gasteiger partial charge on any atom is -0.468 e. The summed E-state index contributed by atoms with van der Waals surface area (Å²) in [5.74, 6) is -0.420. The second kappa shape index (κ2) is 4.51. The van der Waals surface area contributed by atoms with E-state index in [-0.39, 0.29) is 0 Å². The molecule has 13 heavy (non-hydrogen) atoms. The van der Waals surface area contributed by atoms with Gasteiger partial charge in [-0.25, -0.2) is 0 Å². The summed E-state index contributed by atoms with van der Waals surface area (Å²) in [7, 11) is 1.31. The van der Waals surface area contributed by atoms with Crippen molar-refractivity contribution < 1.29 is 9.53 Å². The maximum atomic E-state index is 10.9. The van der Waals surface area contributed by atoms with Crippen molar-refractivity contribution >= 4 is 5.97 Å². The molecule has 0 aliphatic heterocycles. The lowest BCUT2D eigenvalue weighted by atomic mass is 10.1. The van der Waals surface area contributed by atoms with Crippen molar-refractivity contribution in [1.82, 2.24) is 10.2 Å². The second-order valence-electron chi connectivity index (χ2n) is 2.58. The van der Waals surface area contributed by atoms with Gasteiger partial charge in [0.15, 0.2) is 0 Å². The smallest absolute Gasteiger partial charge is 0.322 e. The Morgan fingerprint density at radius 3 is 3.00 bits per heavy atom. The molecule has 0 bridgehead atoms. The lowest BCUT2D eigenvalue weighted by molar-refractivity contribution is -0.142. The number of nitrogens with two attached hydrogens (primary N) is 1. The van der Waals surface area contributed by atoms with E-state index in [1.54, 1.807) is 18.5 Å². The highest BCUT2D eigenvalue weighted by atomic mass is 16.5. The fraction of sp³-hybridized carbons (Fsp3) is 0.375. The van der Waals surface area contributed by atoms with Gasteiger partial charge in [0, 0.05) is 6.20 Å². The Hall–Kier alpha value is -1.49.